The number of aryl methyl sites for hydroxylation is 4. The van der Waals surface area contributed by atoms with Crippen LogP contribution in [0.2, 0.25) is 5.02 Å². The highest BCUT2D eigenvalue weighted by Gasteiger charge is 2.21. The highest BCUT2D eigenvalue weighted by atomic mass is 35.5. The maximum absolute atomic E-state index is 13.0. The fourth-order valence-corrected chi connectivity index (χ4v) is 5.98. The maximum Gasteiger partial charge on any atom is 0.260 e. The second kappa shape index (κ2) is 9.91. The normalized spacial score (nSPS) is 13.0. The molecule has 0 amide bonds. The van der Waals surface area contributed by atoms with Crippen LogP contribution in [0.5, 0.6) is 17.2 Å². The molecule has 0 saturated carbocycles. The molecule has 0 atom stereocenters. The molecule has 0 spiro atoms. The standard InChI is InChI=1S/C27H27ClN2O4S/c1-15-8-9-16(2)20(12-15)33-10-11-34-24-19(28)13-17(14-21(24)32-3)25-29-26(31)23-18-6-4-5-7-22(18)35-27(23)30-25/h8-9,12-14H,4-7,10-11H2,1-3H3,(H,29,30,31). The Balaban J connectivity index is 1.37. The monoisotopic (exact) mass is 510 g/mol. The Bertz CT molecular complexity index is 1460. The molecule has 0 radical (unpaired) electrons. The van der Waals surface area contributed by atoms with Gasteiger partial charge in [-0.1, -0.05) is 23.7 Å². The van der Waals surface area contributed by atoms with Crippen LogP contribution in [0.15, 0.2) is 35.1 Å². The number of aromatic nitrogens is 2. The average molecular weight is 511 g/mol. The van der Waals surface area contributed by atoms with Crippen molar-refractivity contribution in [2.24, 2.45) is 0 Å². The average Bonchev–Trinajstić information content (AvgIpc) is 3.23. The lowest BCUT2D eigenvalue weighted by Gasteiger charge is -2.15. The minimum atomic E-state index is -0.108. The minimum Gasteiger partial charge on any atom is -0.493 e. The summed E-state index contributed by atoms with van der Waals surface area (Å²) in [5, 5.41) is 1.11. The van der Waals surface area contributed by atoms with Crippen molar-refractivity contribution in [1.82, 2.24) is 9.97 Å². The van der Waals surface area contributed by atoms with Gasteiger partial charge in [0.1, 0.15) is 29.6 Å². The van der Waals surface area contributed by atoms with E-state index in [-0.39, 0.29) is 5.56 Å². The first-order chi connectivity index (χ1) is 16.9. The zero-order valence-corrected chi connectivity index (χ0v) is 21.6. The number of hydrogen-bond acceptors (Lipinski definition) is 6. The summed E-state index contributed by atoms with van der Waals surface area (Å²) in [6.45, 7) is 4.70. The third-order valence-electron chi connectivity index (χ3n) is 6.26. The number of methoxy groups -OCH3 is 1. The predicted octanol–water partition coefficient (Wildman–Crippen LogP) is 6.27. The topological polar surface area (TPSA) is 73.4 Å². The fourth-order valence-electron chi connectivity index (χ4n) is 4.46. The van der Waals surface area contributed by atoms with Crippen LogP contribution in [-0.2, 0) is 12.8 Å². The molecule has 0 unspecified atom stereocenters. The smallest absolute Gasteiger partial charge is 0.260 e. The van der Waals surface area contributed by atoms with Gasteiger partial charge in [0.2, 0.25) is 0 Å². The van der Waals surface area contributed by atoms with Crippen molar-refractivity contribution in [2.75, 3.05) is 20.3 Å². The van der Waals surface area contributed by atoms with Crippen molar-refractivity contribution < 1.29 is 14.2 Å². The Hall–Kier alpha value is -3.03. The molecule has 5 rings (SSSR count). The number of ether oxygens (including phenoxy) is 3. The van der Waals surface area contributed by atoms with E-state index < -0.39 is 0 Å². The molecular formula is C27H27ClN2O4S. The number of H-pyrrole nitrogens is 1. The highest BCUT2D eigenvalue weighted by molar-refractivity contribution is 7.18. The van der Waals surface area contributed by atoms with Gasteiger partial charge in [-0.2, -0.15) is 0 Å². The van der Waals surface area contributed by atoms with Gasteiger partial charge >= 0.3 is 0 Å². The zero-order valence-electron chi connectivity index (χ0n) is 20.0. The van der Waals surface area contributed by atoms with E-state index in [2.05, 4.69) is 11.1 Å². The number of nitrogens with one attached hydrogen (secondary N) is 1. The molecule has 35 heavy (non-hydrogen) atoms. The van der Waals surface area contributed by atoms with Gasteiger partial charge in [-0.15, -0.1) is 11.3 Å². The van der Waals surface area contributed by atoms with Crippen molar-refractivity contribution in [3.05, 3.63) is 67.3 Å². The SMILES string of the molecule is COc1cc(-c2nc3sc4c(c3c(=O)[nH]2)CCCC4)cc(Cl)c1OCCOc1cc(C)ccc1C. The predicted molar refractivity (Wildman–Crippen MR) is 141 cm³/mol. The van der Waals surface area contributed by atoms with E-state index in [4.69, 9.17) is 30.8 Å². The van der Waals surface area contributed by atoms with E-state index >= 15 is 0 Å². The third-order valence-corrected chi connectivity index (χ3v) is 7.73. The number of halogens is 1. The Morgan fingerprint density at radius 3 is 2.69 bits per heavy atom. The maximum atomic E-state index is 13.0. The molecule has 8 heteroatoms. The van der Waals surface area contributed by atoms with Gasteiger partial charge in [0.15, 0.2) is 11.5 Å². The molecule has 0 bridgehead atoms. The molecule has 1 aliphatic rings. The van der Waals surface area contributed by atoms with Crippen molar-refractivity contribution in [3.8, 4) is 28.6 Å². The Labute approximate surface area is 212 Å². The molecule has 182 valence electrons. The number of fused-ring (bicyclic) bond motifs is 3. The van der Waals surface area contributed by atoms with Gasteiger partial charge in [0, 0.05) is 10.4 Å². The van der Waals surface area contributed by atoms with Gasteiger partial charge in [-0.3, -0.25) is 4.79 Å². The summed E-state index contributed by atoms with van der Waals surface area (Å²) in [5.41, 5.74) is 3.93. The van der Waals surface area contributed by atoms with E-state index in [1.165, 1.54) is 10.4 Å². The summed E-state index contributed by atoms with van der Waals surface area (Å²) in [6.07, 6.45) is 4.24. The highest BCUT2D eigenvalue weighted by Crippen LogP contribution is 2.40. The summed E-state index contributed by atoms with van der Waals surface area (Å²) in [6, 6.07) is 9.61. The molecule has 0 fully saturated rings. The van der Waals surface area contributed by atoms with Crippen LogP contribution in [0.3, 0.4) is 0 Å². The van der Waals surface area contributed by atoms with Crippen LogP contribution in [0, 0.1) is 13.8 Å². The first-order valence-electron chi connectivity index (χ1n) is 11.7. The molecule has 2 aromatic carbocycles. The molecule has 6 nitrogen and oxygen atoms in total. The van der Waals surface area contributed by atoms with Crippen molar-refractivity contribution >= 4 is 33.2 Å². The van der Waals surface area contributed by atoms with Crippen LogP contribution in [0.1, 0.15) is 34.4 Å². The van der Waals surface area contributed by atoms with Crippen molar-refractivity contribution in [3.63, 3.8) is 0 Å². The summed E-state index contributed by atoms with van der Waals surface area (Å²) in [4.78, 5) is 22.7. The minimum absolute atomic E-state index is 0.108. The Kier molecular flexibility index (Phi) is 6.71. The van der Waals surface area contributed by atoms with Gasteiger partial charge < -0.3 is 19.2 Å². The number of thiophene rings is 1. The van der Waals surface area contributed by atoms with Gasteiger partial charge in [-0.05, 0) is 74.4 Å². The van der Waals surface area contributed by atoms with Gasteiger partial charge in [0.25, 0.3) is 5.56 Å². The van der Waals surface area contributed by atoms with E-state index in [0.29, 0.717) is 41.1 Å². The van der Waals surface area contributed by atoms with E-state index in [1.54, 1.807) is 30.6 Å². The quantitative estimate of drug-likeness (QED) is 0.297. The van der Waals surface area contributed by atoms with Crippen LogP contribution in [0.4, 0.5) is 0 Å². The molecule has 4 aromatic rings. The number of benzene rings is 2. The molecule has 2 heterocycles. The van der Waals surface area contributed by atoms with Crippen molar-refractivity contribution in [1.29, 1.82) is 0 Å². The largest absolute Gasteiger partial charge is 0.493 e. The second-order valence-corrected chi connectivity index (χ2v) is 10.3. The van der Waals surface area contributed by atoms with Gasteiger partial charge in [0.05, 0.1) is 17.5 Å². The second-order valence-electron chi connectivity index (χ2n) is 8.76. The molecule has 2 aromatic heterocycles. The van der Waals surface area contributed by atoms with Gasteiger partial charge in [-0.25, -0.2) is 4.98 Å². The lowest BCUT2D eigenvalue weighted by molar-refractivity contribution is 0.210. The zero-order chi connectivity index (χ0) is 24.5. The van der Waals surface area contributed by atoms with Crippen molar-refractivity contribution in [2.45, 2.75) is 39.5 Å². The number of aromatic amines is 1. The lowest BCUT2D eigenvalue weighted by atomic mass is 9.97. The van der Waals surface area contributed by atoms with Crippen LogP contribution in [0.25, 0.3) is 21.6 Å². The summed E-state index contributed by atoms with van der Waals surface area (Å²) < 4.78 is 17.4. The third kappa shape index (κ3) is 4.75. The van der Waals surface area contributed by atoms with Crippen LogP contribution < -0.4 is 19.8 Å². The van der Waals surface area contributed by atoms with Crippen LogP contribution >= 0.6 is 22.9 Å². The first kappa shape index (κ1) is 23.7. The molecule has 1 aliphatic carbocycles. The summed E-state index contributed by atoms with van der Waals surface area (Å²) in [5.74, 6) is 2.19. The molecule has 0 aliphatic heterocycles. The Morgan fingerprint density at radius 1 is 1.06 bits per heavy atom. The number of hydrogen-bond donors (Lipinski definition) is 1. The summed E-state index contributed by atoms with van der Waals surface area (Å²) in [7, 11) is 1.56. The lowest BCUT2D eigenvalue weighted by Crippen LogP contribution is -2.12. The Morgan fingerprint density at radius 2 is 1.86 bits per heavy atom. The molecular weight excluding hydrogens is 484 g/mol. The summed E-state index contributed by atoms with van der Waals surface area (Å²) >= 11 is 8.20. The van der Waals surface area contributed by atoms with E-state index in [1.807, 2.05) is 26.0 Å². The molecule has 0 saturated heterocycles. The first-order valence-corrected chi connectivity index (χ1v) is 12.9. The number of rotatable bonds is 7. The fraction of sp³-hybridized carbons (Fsp3) is 0.333. The molecule has 1 N–H and O–H groups in total. The van der Waals surface area contributed by atoms with Crippen LogP contribution in [-0.4, -0.2) is 30.3 Å². The van der Waals surface area contributed by atoms with E-state index in [9.17, 15) is 4.79 Å². The number of nitrogens with zero attached hydrogens (tertiary/aromatic N) is 1. The van der Waals surface area contributed by atoms with E-state index in [0.717, 1.165) is 52.8 Å².